The van der Waals surface area contributed by atoms with E-state index >= 15 is 0 Å². The predicted molar refractivity (Wildman–Crippen MR) is 75.7 cm³/mol. The second-order valence-corrected chi connectivity index (χ2v) is 4.65. The van der Waals surface area contributed by atoms with Crippen LogP contribution in [-0.4, -0.2) is 28.0 Å². The van der Waals surface area contributed by atoms with Crippen molar-refractivity contribution in [2.45, 2.75) is 6.92 Å². The van der Waals surface area contributed by atoms with Crippen molar-refractivity contribution in [3.63, 3.8) is 0 Å². The van der Waals surface area contributed by atoms with Gasteiger partial charge in [0.1, 0.15) is 5.75 Å². The van der Waals surface area contributed by atoms with E-state index in [2.05, 4.69) is 9.97 Å². The summed E-state index contributed by atoms with van der Waals surface area (Å²) >= 11 is 0. The molecular weight excluding hydrogens is 258 g/mol. The monoisotopic (exact) mass is 271 g/mol. The summed E-state index contributed by atoms with van der Waals surface area (Å²) in [6.45, 7) is 1.85. The number of H-pyrrole nitrogens is 1. The van der Waals surface area contributed by atoms with Gasteiger partial charge in [-0.25, -0.2) is 0 Å². The number of nitro groups is 1. The van der Waals surface area contributed by atoms with E-state index in [0.29, 0.717) is 5.75 Å². The maximum atomic E-state index is 10.3. The average Bonchev–Trinajstić information content (AvgIpc) is 2.74. The fourth-order valence-corrected chi connectivity index (χ4v) is 2.19. The Kier molecular flexibility index (Phi) is 2.98. The minimum absolute atomic E-state index is 0.0656. The summed E-state index contributed by atoms with van der Waals surface area (Å²) in [7, 11) is 0. The number of hydrogen-bond donors (Lipinski definition) is 1. The number of ether oxygens (including phenoxy) is 1. The van der Waals surface area contributed by atoms with Crippen molar-refractivity contribution in [1.29, 1.82) is 0 Å². The van der Waals surface area contributed by atoms with Gasteiger partial charge in [0.25, 0.3) is 0 Å². The van der Waals surface area contributed by atoms with E-state index in [1.54, 1.807) is 6.07 Å². The van der Waals surface area contributed by atoms with Gasteiger partial charge < -0.3 is 9.72 Å². The van der Waals surface area contributed by atoms with Crippen molar-refractivity contribution >= 4 is 21.9 Å². The number of pyridine rings is 1. The Morgan fingerprint density at radius 1 is 1.35 bits per heavy atom. The molecule has 0 aliphatic heterocycles. The zero-order chi connectivity index (χ0) is 14.1. The Bertz CT molecular complexity index is 795. The normalized spacial score (nSPS) is 11.1. The van der Waals surface area contributed by atoms with Crippen LogP contribution in [0.2, 0.25) is 0 Å². The van der Waals surface area contributed by atoms with Gasteiger partial charge >= 0.3 is 0 Å². The molecule has 0 fully saturated rings. The Balaban J connectivity index is 1.94. The second-order valence-electron chi connectivity index (χ2n) is 4.65. The highest BCUT2D eigenvalue weighted by Gasteiger charge is 2.07. The van der Waals surface area contributed by atoms with Crippen LogP contribution in [0.4, 0.5) is 0 Å². The predicted octanol–water partition coefficient (Wildman–Crippen LogP) is 2.68. The molecule has 0 spiro atoms. The largest absolute Gasteiger partial charge is 0.487 e. The van der Waals surface area contributed by atoms with Crippen LogP contribution in [-0.2, 0) is 0 Å². The van der Waals surface area contributed by atoms with Crippen LogP contribution in [0.5, 0.6) is 5.75 Å². The summed E-state index contributed by atoms with van der Waals surface area (Å²) in [5.41, 5.74) is 3.90. The van der Waals surface area contributed by atoms with Gasteiger partial charge in [0.05, 0.1) is 16.6 Å². The first-order valence-corrected chi connectivity index (χ1v) is 6.26. The van der Waals surface area contributed by atoms with E-state index in [4.69, 9.17) is 4.74 Å². The third-order valence-electron chi connectivity index (χ3n) is 3.08. The molecule has 0 aliphatic rings. The van der Waals surface area contributed by atoms with Crippen molar-refractivity contribution in [3.8, 4) is 5.75 Å². The molecule has 0 amide bonds. The molecule has 102 valence electrons. The van der Waals surface area contributed by atoms with Gasteiger partial charge in [0.15, 0.2) is 6.61 Å². The molecule has 0 atom stereocenters. The number of hydrogen-bond acceptors (Lipinski definition) is 4. The summed E-state index contributed by atoms with van der Waals surface area (Å²) in [6, 6.07) is 7.59. The molecule has 0 bridgehead atoms. The Labute approximate surface area is 114 Å². The van der Waals surface area contributed by atoms with Crippen molar-refractivity contribution in [2.75, 3.05) is 13.2 Å². The molecule has 0 aliphatic carbocycles. The fraction of sp³-hybridized carbons (Fsp3) is 0.214. The standard InChI is InChI=1S/C14H13N3O3/c1-9-6-13-14(15-8-9)11-3-2-10(7-12(11)16-13)20-5-4-17(18)19/h2-3,6-8,16H,4-5H2,1H3. The van der Waals surface area contributed by atoms with Gasteiger partial charge in [-0.15, -0.1) is 0 Å². The number of nitrogens with zero attached hydrogens (tertiary/aromatic N) is 2. The first-order chi connectivity index (χ1) is 9.63. The molecule has 1 N–H and O–H groups in total. The lowest BCUT2D eigenvalue weighted by Crippen LogP contribution is -2.10. The lowest BCUT2D eigenvalue weighted by molar-refractivity contribution is -0.481. The van der Waals surface area contributed by atoms with Crippen LogP contribution < -0.4 is 4.74 Å². The smallest absolute Gasteiger partial charge is 0.237 e. The molecule has 2 aromatic heterocycles. The zero-order valence-corrected chi connectivity index (χ0v) is 10.9. The van der Waals surface area contributed by atoms with E-state index in [1.807, 2.05) is 31.3 Å². The maximum Gasteiger partial charge on any atom is 0.237 e. The Hall–Kier alpha value is -2.63. The van der Waals surface area contributed by atoms with Gasteiger partial charge in [-0.05, 0) is 30.7 Å². The Morgan fingerprint density at radius 3 is 3.00 bits per heavy atom. The summed E-state index contributed by atoms with van der Waals surface area (Å²) in [4.78, 5) is 17.6. The number of rotatable bonds is 4. The van der Waals surface area contributed by atoms with Crippen LogP contribution in [0.3, 0.4) is 0 Å². The number of aryl methyl sites for hydroxylation is 1. The summed E-state index contributed by atoms with van der Waals surface area (Å²) < 4.78 is 5.36. The van der Waals surface area contributed by atoms with Crippen LogP contribution in [0.1, 0.15) is 5.56 Å². The van der Waals surface area contributed by atoms with Crippen LogP contribution in [0.25, 0.3) is 21.9 Å². The molecule has 0 saturated heterocycles. The molecule has 2 heterocycles. The summed E-state index contributed by atoms with van der Waals surface area (Å²) in [6.07, 6.45) is 1.83. The molecule has 3 rings (SSSR count). The lowest BCUT2D eigenvalue weighted by atomic mass is 10.2. The maximum absolute atomic E-state index is 10.3. The number of aromatic nitrogens is 2. The molecule has 0 unspecified atom stereocenters. The molecule has 6 nitrogen and oxygen atoms in total. The number of fused-ring (bicyclic) bond motifs is 3. The highest BCUT2D eigenvalue weighted by atomic mass is 16.6. The molecule has 0 saturated carbocycles. The average molecular weight is 271 g/mol. The van der Waals surface area contributed by atoms with Crippen molar-refractivity contribution in [2.24, 2.45) is 0 Å². The fourth-order valence-electron chi connectivity index (χ4n) is 2.19. The second kappa shape index (κ2) is 4.80. The number of nitrogens with one attached hydrogen (secondary N) is 1. The first-order valence-electron chi connectivity index (χ1n) is 6.26. The third kappa shape index (κ3) is 2.27. The first kappa shape index (κ1) is 12.4. The minimum Gasteiger partial charge on any atom is -0.487 e. The molecule has 0 radical (unpaired) electrons. The molecule has 6 heteroatoms. The van der Waals surface area contributed by atoms with Gasteiger partial charge in [0.2, 0.25) is 6.54 Å². The number of aromatic amines is 1. The van der Waals surface area contributed by atoms with Crippen molar-refractivity contribution < 1.29 is 9.66 Å². The van der Waals surface area contributed by atoms with E-state index in [0.717, 1.165) is 27.5 Å². The molecular formula is C14H13N3O3. The number of benzene rings is 1. The highest BCUT2D eigenvalue weighted by Crippen LogP contribution is 2.27. The van der Waals surface area contributed by atoms with Gasteiger partial charge in [-0.3, -0.25) is 15.1 Å². The van der Waals surface area contributed by atoms with Gasteiger partial charge in [0, 0.05) is 22.6 Å². The topological polar surface area (TPSA) is 81.0 Å². The van der Waals surface area contributed by atoms with Crippen LogP contribution in [0.15, 0.2) is 30.5 Å². The van der Waals surface area contributed by atoms with Gasteiger partial charge in [-0.2, -0.15) is 0 Å². The minimum atomic E-state index is -0.395. The molecule has 20 heavy (non-hydrogen) atoms. The summed E-state index contributed by atoms with van der Waals surface area (Å²) in [5.74, 6) is 0.614. The third-order valence-corrected chi connectivity index (χ3v) is 3.08. The van der Waals surface area contributed by atoms with Crippen LogP contribution >= 0.6 is 0 Å². The van der Waals surface area contributed by atoms with E-state index < -0.39 is 4.92 Å². The van der Waals surface area contributed by atoms with Crippen LogP contribution in [0, 0.1) is 17.0 Å². The summed E-state index contributed by atoms with van der Waals surface area (Å²) in [5, 5.41) is 11.3. The Morgan fingerprint density at radius 2 is 2.20 bits per heavy atom. The quantitative estimate of drug-likeness (QED) is 0.584. The highest BCUT2D eigenvalue weighted by molar-refractivity contribution is 6.05. The van der Waals surface area contributed by atoms with Crippen molar-refractivity contribution in [3.05, 3.63) is 46.1 Å². The zero-order valence-electron chi connectivity index (χ0n) is 10.9. The van der Waals surface area contributed by atoms with Gasteiger partial charge in [-0.1, -0.05) is 0 Å². The van der Waals surface area contributed by atoms with Crippen molar-refractivity contribution in [1.82, 2.24) is 9.97 Å². The lowest BCUT2D eigenvalue weighted by Gasteiger charge is -2.02. The molecule has 3 aromatic rings. The van der Waals surface area contributed by atoms with E-state index in [-0.39, 0.29) is 13.2 Å². The molecule has 1 aromatic carbocycles. The van der Waals surface area contributed by atoms with E-state index in [1.165, 1.54) is 0 Å². The SMILES string of the molecule is Cc1cnc2c(c1)[nH]c1cc(OCC[N+](=O)[O-])ccc12. The van der Waals surface area contributed by atoms with E-state index in [9.17, 15) is 10.1 Å².